The van der Waals surface area contributed by atoms with Gasteiger partial charge in [-0.25, -0.2) is 0 Å². The quantitative estimate of drug-likeness (QED) is 0.889. The van der Waals surface area contributed by atoms with Gasteiger partial charge >= 0.3 is 6.18 Å². The standard InChI is InChI=1S/C13H18F3N3/c1-12(4-2-5-17-8-12)9-19-10-3-6-18-11(7-10)13(14,15)16/h3,6-7,17H,2,4-5,8-9H2,1H3,(H,18,19). The lowest BCUT2D eigenvalue weighted by molar-refractivity contribution is -0.141. The van der Waals surface area contributed by atoms with E-state index in [0.717, 1.165) is 32.0 Å². The summed E-state index contributed by atoms with van der Waals surface area (Å²) >= 11 is 0. The van der Waals surface area contributed by atoms with Crippen molar-refractivity contribution in [2.45, 2.75) is 25.9 Å². The first-order chi connectivity index (χ1) is 8.89. The molecule has 1 unspecified atom stereocenters. The summed E-state index contributed by atoms with van der Waals surface area (Å²) in [5.74, 6) is 0. The number of pyridine rings is 1. The van der Waals surface area contributed by atoms with Crippen molar-refractivity contribution in [2.24, 2.45) is 5.41 Å². The Bertz CT molecular complexity index is 425. The minimum atomic E-state index is -4.39. The molecule has 2 rings (SSSR count). The molecular weight excluding hydrogens is 255 g/mol. The predicted molar refractivity (Wildman–Crippen MR) is 67.9 cm³/mol. The number of hydrogen-bond acceptors (Lipinski definition) is 3. The van der Waals surface area contributed by atoms with E-state index in [2.05, 4.69) is 22.5 Å². The van der Waals surface area contributed by atoms with Crippen LogP contribution in [0.2, 0.25) is 0 Å². The second-order valence-corrected chi connectivity index (χ2v) is 5.37. The average Bonchev–Trinajstić information content (AvgIpc) is 2.37. The van der Waals surface area contributed by atoms with Crippen LogP contribution in [-0.4, -0.2) is 24.6 Å². The monoisotopic (exact) mass is 273 g/mol. The number of rotatable bonds is 3. The van der Waals surface area contributed by atoms with Crippen LogP contribution >= 0.6 is 0 Å². The van der Waals surface area contributed by atoms with Crippen molar-refractivity contribution in [2.75, 3.05) is 25.0 Å². The maximum Gasteiger partial charge on any atom is 0.433 e. The minimum Gasteiger partial charge on any atom is -0.384 e. The molecule has 3 nitrogen and oxygen atoms in total. The van der Waals surface area contributed by atoms with Crippen LogP contribution in [0.1, 0.15) is 25.5 Å². The van der Waals surface area contributed by atoms with Crippen molar-refractivity contribution in [3.8, 4) is 0 Å². The summed E-state index contributed by atoms with van der Waals surface area (Å²) < 4.78 is 37.6. The molecule has 1 saturated heterocycles. The molecule has 1 aliphatic rings. The van der Waals surface area contributed by atoms with Gasteiger partial charge in [0.2, 0.25) is 0 Å². The molecule has 1 aromatic rings. The summed E-state index contributed by atoms with van der Waals surface area (Å²) in [6.45, 7) is 4.69. The molecule has 1 atom stereocenters. The Morgan fingerprint density at radius 2 is 2.26 bits per heavy atom. The third-order valence-corrected chi connectivity index (χ3v) is 3.46. The molecule has 0 radical (unpaired) electrons. The third kappa shape index (κ3) is 3.83. The van der Waals surface area contributed by atoms with Gasteiger partial charge in [-0.3, -0.25) is 4.98 Å². The average molecular weight is 273 g/mol. The molecule has 0 saturated carbocycles. The smallest absolute Gasteiger partial charge is 0.384 e. The van der Waals surface area contributed by atoms with Gasteiger partial charge in [0.1, 0.15) is 5.69 Å². The van der Waals surface area contributed by atoms with E-state index < -0.39 is 11.9 Å². The van der Waals surface area contributed by atoms with Crippen LogP contribution in [0.4, 0.5) is 18.9 Å². The lowest BCUT2D eigenvalue weighted by Crippen LogP contribution is -2.42. The molecule has 106 valence electrons. The van der Waals surface area contributed by atoms with Crippen molar-refractivity contribution >= 4 is 5.69 Å². The number of hydrogen-bond donors (Lipinski definition) is 2. The van der Waals surface area contributed by atoms with Crippen LogP contribution < -0.4 is 10.6 Å². The molecule has 1 fully saturated rings. The number of halogens is 3. The maximum atomic E-state index is 12.5. The molecule has 2 heterocycles. The first kappa shape index (κ1) is 14.1. The van der Waals surface area contributed by atoms with E-state index in [1.165, 1.54) is 6.20 Å². The van der Waals surface area contributed by atoms with Gasteiger partial charge in [-0.1, -0.05) is 6.92 Å². The molecule has 0 bridgehead atoms. The van der Waals surface area contributed by atoms with E-state index in [1.807, 2.05) is 0 Å². The highest BCUT2D eigenvalue weighted by Crippen LogP contribution is 2.30. The lowest BCUT2D eigenvalue weighted by atomic mass is 9.83. The van der Waals surface area contributed by atoms with Crippen molar-refractivity contribution < 1.29 is 13.2 Å². The van der Waals surface area contributed by atoms with Gasteiger partial charge in [-0.05, 0) is 36.9 Å². The predicted octanol–water partition coefficient (Wildman–Crippen LogP) is 2.90. The Morgan fingerprint density at radius 1 is 1.47 bits per heavy atom. The van der Waals surface area contributed by atoms with Gasteiger partial charge in [-0.2, -0.15) is 13.2 Å². The second-order valence-electron chi connectivity index (χ2n) is 5.37. The summed E-state index contributed by atoms with van der Waals surface area (Å²) in [5.41, 5.74) is -0.307. The highest BCUT2D eigenvalue weighted by molar-refractivity contribution is 5.44. The van der Waals surface area contributed by atoms with E-state index >= 15 is 0 Å². The van der Waals surface area contributed by atoms with Crippen LogP contribution in [-0.2, 0) is 6.18 Å². The zero-order valence-corrected chi connectivity index (χ0v) is 10.8. The maximum absolute atomic E-state index is 12.5. The van der Waals surface area contributed by atoms with Crippen LogP contribution in [0.3, 0.4) is 0 Å². The number of piperidine rings is 1. The highest BCUT2D eigenvalue weighted by atomic mass is 19.4. The fourth-order valence-electron chi connectivity index (χ4n) is 2.28. The van der Waals surface area contributed by atoms with Crippen LogP contribution in [0.25, 0.3) is 0 Å². The molecule has 0 aliphatic carbocycles. The Balaban J connectivity index is 1.99. The van der Waals surface area contributed by atoms with E-state index in [-0.39, 0.29) is 5.41 Å². The zero-order chi connectivity index (χ0) is 13.9. The Labute approximate surface area is 110 Å². The molecule has 1 aromatic heterocycles. The Morgan fingerprint density at radius 3 is 2.89 bits per heavy atom. The molecule has 6 heteroatoms. The third-order valence-electron chi connectivity index (χ3n) is 3.46. The molecule has 0 spiro atoms. The summed E-state index contributed by atoms with van der Waals surface area (Å²) in [5, 5.41) is 6.40. The summed E-state index contributed by atoms with van der Waals surface area (Å²) in [6.07, 6.45) is -1.03. The normalized spacial score (nSPS) is 24.2. The minimum absolute atomic E-state index is 0.0832. The Kier molecular flexibility index (Phi) is 3.99. The fraction of sp³-hybridized carbons (Fsp3) is 0.615. The Hall–Kier alpha value is -1.30. The molecule has 0 aromatic carbocycles. The molecule has 1 aliphatic heterocycles. The largest absolute Gasteiger partial charge is 0.433 e. The number of anilines is 1. The van der Waals surface area contributed by atoms with Crippen molar-refractivity contribution in [3.63, 3.8) is 0 Å². The number of nitrogens with one attached hydrogen (secondary N) is 2. The lowest BCUT2D eigenvalue weighted by Gasteiger charge is -2.34. The molecule has 0 amide bonds. The topological polar surface area (TPSA) is 37.0 Å². The first-order valence-corrected chi connectivity index (χ1v) is 6.37. The summed E-state index contributed by atoms with van der Waals surface area (Å²) in [4.78, 5) is 3.35. The van der Waals surface area contributed by atoms with Gasteiger partial charge in [0.25, 0.3) is 0 Å². The van der Waals surface area contributed by atoms with Crippen LogP contribution in [0.15, 0.2) is 18.3 Å². The number of aromatic nitrogens is 1. The first-order valence-electron chi connectivity index (χ1n) is 6.37. The number of nitrogens with zero attached hydrogens (tertiary/aromatic N) is 1. The SMILES string of the molecule is CC1(CNc2ccnc(C(F)(F)F)c2)CCCNC1. The van der Waals surface area contributed by atoms with Crippen molar-refractivity contribution in [1.29, 1.82) is 0 Å². The van der Waals surface area contributed by atoms with Crippen LogP contribution in [0.5, 0.6) is 0 Å². The second kappa shape index (κ2) is 5.36. The van der Waals surface area contributed by atoms with Gasteiger partial charge in [-0.15, -0.1) is 0 Å². The molecule has 2 N–H and O–H groups in total. The summed E-state index contributed by atoms with van der Waals surface area (Å²) in [7, 11) is 0. The molecule has 19 heavy (non-hydrogen) atoms. The van der Waals surface area contributed by atoms with E-state index in [9.17, 15) is 13.2 Å². The van der Waals surface area contributed by atoms with Gasteiger partial charge in [0.05, 0.1) is 0 Å². The van der Waals surface area contributed by atoms with Gasteiger partial charge < -0.3 is 10.6 Å². The number of alkyl halides is 3. The van der Waals surface area contributed by atoms with E-state index in [1.54, 1.807) is 6.07 Å². The molecular formula is C13H18F3N3. The highest BCUT2D eigenvalue weighted by Gasteiger charge is 2.32. The zero-order valence-electron chi connectivity index (χ0n) is 10.8. The van der Waals surface area contributed by atoms with E-state index in [4.69, 9.17) is 0 Å². The van der Waals surface area contributed by atoms with E-state index in [0.29, 0.717) is 12.2 Å². The van der Waals surface area contributed by atoms with Crippen LogP contribution in [0, 0.1) is 5.41 Å². The van der Waals surface area contributed by atoms with Gasteiger partial charge in [0, 0.05) is 25.0 Å². The van der Waals surface area contributed by atoms with Crippen molar-refractivity contribution in [1.82, 2.24) is 10.3 Å². The van der Waals surface area contributed by atoms with Crippen molar-refractivity contribution in [3.05, 3.63) is 24.0 Å². The van der Waals surface area contributed by atoms with Gasteiger partial charge in [0.15, 0.2) is 0 Å². The summed E-state index contributed by atoms with van der Waals surface area (Å²) in [6, 6.07) is 2.62. The fourth-order valence-corrected chi connectivity index (χ4v) is 2.28.